The number of hydrogen-bond donors (Lipinski definition) is 1. The Kier molecular flexibility index (Phi) is 5.35. The van der Waals surface area contributed by atoms with Gasteiger partial charge in [0.15, 0.2) is 0 Å². The molecule has 178 valence electrons. The number of carbonyl (C=O) groups is 2. The second-order valence-electron chi connectivity index (χ2n) is 11.5. The van der Waals surface area contributed by atoms with Crippen molar-refractivity contribution < 1.29 is 9.59 Å². The molecule has 1 N–H and O–H groups in total. The van der Waals surface area contributed by atoms with Crippen LogP contribution >= 0.6 is 11.3 Å². The summed E-state index contributed by atoms with van der Waals surface area (Å²) in [5.74, 6) is 3.09. The lowest BCUT2D eigenvalue weighted by molar-refractivity contribution is -0.131. The summed E-state index contributed by atoms with van der Waals surface area (Å²) in [5, 5.41) is 5.55. The summed E-state index contributed by atoms with van der Waals surface area (Å²) >= 11 is 1.69. The third-order valence-electron chi connectivity index (χ3n) is 9.57. The minimum atomic E-state index is 0.0341. The lowest BCUT2D eigenvalue weighted by atomic mass is 9.48. The van der Waals surface area contributed by atoms with Gasteiger partial charge in [0.05, 0.1) is 10.2 Å². The molecule has 0 aromatic carbocycles. The summed E-state index contributed by atoms with van der Waals surface area (Å²) in [7, 11) is 0. The molecule has 1 atom stereocenters. The first-order valence-corrected chi connectivity index (χ1v) is 14.0. The molecule has 33 heavy (non-hydrogen) atoms. The van der Waals surface area contributed by atoms with E-state index in [0.29, 0.717) is 18.5 Å². The molecule has 5 nitrogen and oxygen atoms in total. The zero-order chi connectivity index (χ0) is 22.7. The Morgan fingerprint density at radius 2 is 1.76 bits per heavy atom. The Bertz CT molecular complexity index is 1030. The van der Waals surface area contributed by atoms with Crippen LogP contribution < -0.4 is 5.32 Å². The van der Waals surface area contributed by atoms with E-state index >= 15 is 0 Å². The number of likely N-dealkylation sites (tertiary alicyclic amines) is 1. The SMILES string of the molecule is CCn1c(C(=O)N2CCC(C(=O)N[C@@H](C)C34CC5CC(CC(C5)C3)C4)CC2)cc2sccc21. The van der Waals surface area contributed by atoms with E-state index in [0.717, 1.165) is 48.4 Å². The standard InChI is InChI=1S/C27H37N3O2S/c1-3-30-22-6-9-33-24(22)13-23(30)26(32)29-7-4-21(5-8-29)25(31)28-17(2)27-14-18-10-19(15-27)12-20(11-18)16-27/h6,9,13,17-21H,3-5,7-8,10-12,14-16H2,1-2H3,(H,28,31)/t17-,18?,19?,20?,27?/m0/s1. The molecule has 2 aromatic rings. The summed E-state index contributed by atoms with van der Waals surface area (Å²) in [6, 6.07) is 4.42. The second-order valence-corrected chi connectivity index (χ2v) is 12.5. The topological polar surface area (TPSA) is 54.3 Å². The van der Waals surface area contributed by atoms with Gasteiger partial charge in [-0.15, -0.1) is 11.3 Å². The smallest absolute Gasteiger partial charge is 0.270 e. The van der Waals surface area contributed by atoms with Gasteiger partial charge in [-0.05, 0) is 106 Å². The van der Waals surface area contributed by atoms with Crippen LogP contribution in [-0.4, -0.2) is 40.4 Å². The Balaban J connectivity index is 1.07. The average Bonchev–Trinajstić information content (AvgIpc) is 3.39. The maximum atomic E-state index is 13.3. The van der Waals surface area contributed by atoms with Crippen molar-refractivity contribution in [3.8, 4) is 0 Å². The van der Waals surface area contributed by atoms with E-state index in [1.165, 1.54) is 43.2 Å². The molecule has 1 saturated heterocycles. The van der Waals surface area contributed by atoms with Crippen molar-refractivity contribution in [2.24, 2.45) is 29.1 Å². The van der Waals surface area contributed by atoms with E-state index in [4.69, 9.17) is 0 Å². The monoisotopic (exact) mass is 467 g/mol. The zero-order valence-corrected chi connectivity index (χ0v) is 20.8. The molecular formula is C27H37N3O2S. The van der Waals surface area contributed by atoms with E-state index in [1.807, 2.05) is 11.0 Å². The quantitative estimate of drug-likeness (QED) is 0.649. The normalized spacial score (nSPS) is 32.4. The molecule has 5 fully saturated rings. The van der Waals surface area contributed by atoms with E-state index < -0.39 is 0 Å². The van der Waals surface area contributed by atoms with Gasteiger partial charge >= 0.3 is 0 Å². The van der Waals surface area contributed by atoms with E-state index in [9.17, 15) is 9.59 Å². The Morgan fingerprint density at radius 3 is 2.36 bits per heavy atom. The molecule has 4 aliphatic carbocycles. The third kappa shape index (κ3) is 3.64. The predicted octanol–water partition coefficient (Wildman–Crippen LogP) is 5.30. The first-order valence-electron chi connectivity index (χ1n) is 13.1. The highest BCUT2D eigenvalue weighted by Crippen LogP contribution is 2.61. The summed E-state index contributed by atoms with van der Waals surface area (Å²) in [6.07, 6.45) is 9.81. The Labute approximate surface area is 200 Å². The molecule has 0 unspecified atom stereocenters. The number of nitrogens with zero attached hydrogens (tertiary/aromatic N) is 2. The summed E-state index contributed by atoms with van der Waals surface area (Å²) < 4.78 is 3.30. The molecule has 3 heterocycles. The van der Waals surface area contributed by atoms with Crippen molar-refractivity contribution >= 4 is 33.4 Å². The highest BCUT2D eigenvalue weighted by Gasteiger charge is 2.53. The van der Waals surface area contributed by atoms with Crippen LogP contribution in [0.15, 0.2) is 17.5 Å². The van der Waals surface area contributed by atoms with Crippen molar-refractivity contribution in [1.29, 1.82) is 0 Å². The van der Waals surface area contributed by atoms with Crippen LogP contribution in [0.4, 0.5) is 0 Å². The molecular weight excluding hydrogens is 430 g/mol. The summed E-state index contributed by atoms with van der Waals surface area (Å²) in [4.78, 5) is 28.4. The number of amides is 2. The largest absolute Gasteiger partial charge is 0.353 e. The molecule has 1 aliphatic heterocycles. The number of aryl methyl sites for hydroxylation is 1. The average molecular weight is 468 g/mol. The zero-order valence-electron chi connectivity index (χ0n) is 20.0. The van der Waals surface area contributed by atoms with Gasteiger partial charge in [0.1, 0.15) is 5.69 Å². The molecule has 0 spiro atoms. The van der Waals surface area contributed by atoms with Gasteiger partial charge < -0.3 is 14.8 Å². The fraction of sp³-hybridized carbons (Fsp3) is 0.704. The van der Waals surface area contributed by atoms with Crippen LogP contribution in [0, 0.1) is 29.1 Å². The lowest BCUT2D eigenvalue weighted by Gasteiger charge is -2.59. The van der Waals surface area contributed by atoms with Crippen molar-refractivity contribution in [2.75, 3.05) is 13.1 Å². The number of nitrogens with one attached hydrogen (secondary N) is 1. The number of aromatic nitrogens is 1. The molecule has 6 heteroatoms. The van der Waals surface area contributed by atoms with Crippen LogP contribution in [0.2, 0.25) is 0 Å². The number of fused-ring (bicyclic) bond motifs is 1. The Hall–Kier alpha value is -1.82. The van der Waals surface area contributed by atoms with Gasteiger partial charge in [-0.25, -0.2) is 0 Å². The first-order chi connectivity index (χ1) is 16.0. The molecule has 7 rings (SSSR count). The number of hydrogen-bond acceptors (Lipinski definition) is 3. The van der Waals surface area contributed by atoms with Crippen LogP contribution in [-0.2, 0) is 11.3 Å². The van der Waals surface area contributed by atoms with Gasteiger partial charge in [-0.3, -0.25) is 9.59 Å². The number of rotatable bonds is 5. The van der Waals surface area contributed by atoms with E-state index in [-0.39, 0.29) is 23.8 Å². The van der Waals surface area contributed by atoms with Crippen LogP contribution in [0.1, 0.15) is 75.7 Å². The number of piperidine rings is 1. The van der Waals surface area contributed by atoms with Gasteiger partial charge in [0.25, 0.3) is 5.91 Å². The van der Waals surface area contributed by atoms with Gasteiger partial charge in [0.2, 0.25) is 5.91 Å². The third-order valence-corrected chi connectivity index (χ3v) is 10.4. The van der Waals surface area contributed by atoms with Gasteiger partial charge in [-0.1, -0.05) is 0 Å². The molecule has 4 bridgehead atoms. The number of carbonyl (C=O) groups excluding carboxylic acids is 2. The lowest BCUT2D eigenvalue weighted by Crippen LogP contribution is -2.57. The van der Waals surface area contributed by atoms with E-state index in [1.54, 1.807) is 11.3 Å². The van der Waals surface area contributed by atoms with Crippen molar-refractivity contribution in [1.82, 2.24) is 14.8 Å². The molecule has 2 aromatic heterocycles. The fourth-order valence-electron chi connectivity index (χ4n) is 8.19. The summed E-state index contributed by atoms with van der Waals surface area (Å²) in [5.41, 5.74) is 2.29. The fourth-order valence-corrected chi connectivity index (χ4v) is 9.02. The Morgan fingerprint density at radius 1 is 1.12 bits per heavy atom. The van der Waals surface area contributed by atoms with Gasteiger partial charge in [-0.2, -0.15) is 0 Å². The predicted molar refractivity (Wildman–Crippen MR) is 132 cm³/mol. The van der Waals surface area contributed by atoms with Crippen molar-refractivity contribution in [3.63, 3.8) is 0 Å². The first kappa shape index (κ1) is 21.7. The summed E-state index contributed by atoms with van der Waals surface area (Å²) in [6.45, 7) is 6.50. The van der Waals surface area contributed by atoms with Crippen molar-refractivity contribution in [3.05, 3.63) is 23.2 Å². The highest BCUT2D eigenvalue weighted by atomic mass is 32.1. The van der Waals surface area contributed by atoms with E-state index in [2.05, 4.69) is 35.2 Å². The molecule has 4 saturated carbocycles. The van der Waals surface area contributed by atoms with Crippen LogP contribution in [0.25, 0.3) is 10.2 Å². The maximum Gasteiger partial charge on any atom is 0.270 e. The molecule has 0 radical (unpaired) electrons. The highest BCUT2D eigenvalue weighted by molar-refractivity contribution is 7.17. The second kappa shape index (κ2) is 8.14. The number of thiophene rings is 1. The van der Waals surface area contributed by atoms with Crippen molar-refractivity contribution in [2.45, 2.75) is 77.8 Å². The van der Waals surface area contributed by atoms with Gasteiger partial charge in [0, 0.05) is 31.6 Å². The van der Waals surface area contributed by atoms with Crippen LogP contribution in [0.3, 0.4) is 0 Å². The minimum absolute atomic E-state index is 0.0341. The van der Waals surface area contributed by atoms with Crippen LogP contribution in [0.5, 0.6) is 0 Å². The molecule has 5 aliphatic rings. The maximum absolute atomic E-state index is 13.3. The minimum Gasteiger partial charge on any atom is -0.353 e. The molecule has 2 amide bonds.